The van der Waals surface area contributed by atoms with Crippen molar-refractivity contribution in [2.45, 2.75) is 90.9 Å². The zero-order chi connectivity index (χ0) is 35.9. The van der Waals surface area contributed by atoms with E-state index < -0.39 is 47.4 Å². The minimum atomic E-state index is -1.21. The van der Waals surface area contributed by atoms with Gasteiger partial charge in [-0.15, -0.1) is 0 Å². The second-order valence-corrected chi connectivity index (χ2v) is 14.2. The molecule has 2 aliphatic heterocycles. The Morgan fingerprint density at radius 1 is 1.02 bits per heavy atom. The maximum atomic E-state index is 13.6. The minimum absolute atomic E-state index is 0.00322. The number of carbonyl (C=O) groups is 4. The molecule has 0 aromatic heterocycles. The van der Waals surface area contributed by atoms with Crippen LogP contribution in [0.4, 0.5) is 0 Å². The van der Waals surface area contributed by atoms with E-state index in [2.05, 4.69) is 10.6 Å². The minimum Gasteiger partial charge on any atom is -0.495 e. The first-order valence-electron chi connectivity index (χ1n) is 16.6. The SMILES string of the molecule is COc1ccc(C[C@H]2NC(=O)/C=C/CC([C@H](C)C3OC3c3ccc(CO)cc3)OC(=O)[C@H](CC(C)C)OC(=O)C(C)(C)CNC2=O)cc1Cl. The van der Waals surface area contributed by atoms with Crippen LogP contribution in [0, 0.1) is 17.3 Å². The summed E-state index contributed by atoms with van der Waals surface area (Å²) in [4.78, 5) is 53.7. The van der Waals surface area contributed by atoms with E-state index in [-0.39, 0.29) is 56.5 Å². The fourth-order valence-electron chi connectivity index (χ4n) is 5.63. The second kappa shape index (κ2) is 16.7. The molecule has 2 aliphatic rings. The average Bonchev–Trinajstić information content (AvgIpc) is 3.86. The van der Waals surface area contributed by atoms with E-state index in [0.717, 1.165) is 11.1 Å². The van der Waals surface area contributed by atoms with Crippen LogP contribution in [0.2, 0.25) is 5.02 Å². The smallest absolute Gasteiger partial charge is 0.347 e. The van der Waals surface area contributed by atoms with Crippen molar-refractivity contribution in [1.82, 2.24) is 10.6 Å². The fraction of sp³-hybridized carbons (Fsp3) is 0.514. The summed E-state index contributed by atoms with van der Waals surface area (Å²) in [7, 11) is 1.50. The van der Waals surface area contributed by atoms with E-state index in [1.807, 2.05) is 45.0 Å². The third-order valence-corrected chi connectivity index (χ3v) is 9.07. The number of rotatable bonds is 9. The molecule has 2 aromatic carbocycles. The van der Waals surface area contributed by atoms with Crippen LogP contribution >= 0.6 is 11.6 Å². The summed E-state index contributed by atoms with van der Waals surface area (Å²) >= 11 is 6.32. The predicted molar refractivity (Wildman–Crippen MR) is 183 cm³/mol. The Morgan fingerprint density at radius 2 is 1.71 bits per heavy atom. The molecule has 0 spiro atoms. The molecule has 6 atom stereocenters. The van der Waals surface area contributed by atoms with E-state index in [4.69, 9.17) is 30.5 Å². The van der Waals surface area contributed by atoms with Crippen molar-refractivity contribution >= 4 is 35.4 Å². The van der Waals surface area contributed by atoms with Crippen LogP contribution in [0.15, 0.2) is 54.6 Å². The maximum Gasteiger partial charge on any atom is 0.347 e. The first-order chi connectivity index (χ1) is 23.2. The quantitative estimate of drug-likeness (QED) is 0.252. The average molecular weight is 699 g/mol. The van der Waals surface area contributed by atoms with Gasteiger partial charge in [-0.2, -0.15) is 0 Å². The van der Waals surface area contributed by atoms with E-state index in [1.165, 1.54) is 13.2 Å². The van der Waals surface area contributed by atoms with Crippen LogP contribution in [0.5, 0.6) is 5.75 Å². The van der Waals surface area contributed by atoms with Crippen molar-refractivity contribution in [3.63, 3.8) is 0 Å². The first kappa shape index (κ1) is 37.9. The van der Waals surface area contributed by atoms with E-state index >= 15 is 0 Å². The molecule has 2 aromatic rings. The molecule has 0 bridgehead atoms. The summed E-state index contributed by atoms with van der Waals surface area (Å²) in [5.74, 6) is -2.21. The Hall–Kier alpha value is -3.93. The van der Waals surface area contributed by atoms with Crippen molar-refractivity contribution in [1.29, 1.82) is 0 Å². The standard InChI is InChI=1S/C37H47ClN2O9/c1-21(2)16-30-35(44)47-28(22(3)32-33(49-32)25-13-10-23(19-41)11-14-25)8-7-9-31(42)40-27(18-24-12-15-29(46-6)26(38)17-24)34(43)39-20-37(4,5)36(45)48-30/h7,9-15,17,21-22,27-28,30,32-33,41H,8,16,18-20H2,1-6H3,(H,39,43)(H,40,42)/b9-7+/t22-,27+,28?,30-,32?,33?/m0/s1. The lowest BCUT2D eigenvalue weighted by Gasteiger charge is -2.29. The van der Waals surface area contributed by atoms with Crippen molar-refractivity contribution < 1.29 is 43.2 Å². The van der Waals surface area contributed by atoms with Crippen LogP contribution in [-0.2, 0) is 46.4 Å². The summed E-state index contributed by atoms with van der Waals surface area (Å²) in [5.41, 5.74) is 1.18. The predicted octanol–water partition coefficient (Wildman–Crippen LogP) is 4.62. The summed E-state index contributed by atoms with van der Waals surface area (Å²) in [6.45, 7) is 8.77. The number of aliphatic hydroxyl groups excluding tert-OH is 1. The molecule has 3 N–H and O–H groups in total. The second-order valence-electron chi connectivity index (χ2n) is 13.8. The molecule has 2 heterocycles. The lowest BCUT2D eigenvalue weighted by atomic mass is 9.92. The molecule has 0 aliphatic carbocycles. The molecular formula is C37H47ClN2O9. The lowest BCUT2D eigenvalue weighted by molar-refractivity contribution is -0.179. The van der Waals surface area contributed by atoms with Gasteiger partial charge in [-0.25, -0.2) is 4.79 Å². The van der Waals surface area contributed by atoms with Gasteiger partial charge in [0, 0.05) is 25.3 Å². The molecule has 11 nitrogen and oxygen atoms in total. The number of hydrogen-bond acceptors (Lipinski definition) is 9. The first-order valence-corrected chi connectivity index (χ1v) is 16.9. The third-order valence-electron chi connectivity index (χ3n) is 8.77. The largest absolute Gasteiger partial charge is 0.495 e. The number of halogens is 1. The number of aliphatic hydroxyl groups is 1. The normalized spacial score (nSPS) is 26.2. The topological polar surface area (TPSA) is 153 Å². The molecule has 0 saturated carbocycles. The Bertz CT molecular complexity index is 1520. The molecule has 266 valence electrons. The zero-order valence-corrected chi connectivity index (χ0v) is 29.6. The molecule has 0 radical (unpaired) electrons. The number of benzene rings is 2. The number of methoxy groups -OCH3 is 1. The van der Waals surface area contributed by atoms with Gasteiger partial charge in [-0.05, 0) is 61.1 Å². The Kier molecular flexibility index (Phi) is 12.9. The van der Waals surface area contributed by atoms with Crippen LogP contribution in [-0.4, -0.2) is 66.9 Å². The van der Waals surface area contributed by atoms with Crippen LogP contribution < -0.4 is 15.4 Å². The number of cyclic esters (lactones) is 2. The summed E-state index contributed by atoms with van der Waals surface area (Å²) in [5, 5.41) is 15.3. The highest BCUT2D eigenvalue weighted by Gasteiger charge is 2.48. The highest BCUT2D eigenvalue weighted by molar-refractivity contribution is 6.32. The lowest BCUT2D eigenvalue weighted by Crippen LogP contribution is -2.51. The number of carbonyl (C=O) groups excluding carboxylic acids is 4. The van der Waals surface area contributed by atoms with Crippen LogP contribution in [0.1, 0.15) is 70.3 Å². The van der Waals surface area contributed by atoms with Gasteiger partial charge in [0.1, 0.15) is 24.0 Å². The van der Waals surface area contributed by atoms with E-state index in [0.29, 0.717) is 16.3 Å². The zero-order valence-electron chi connectivity index (χ0n) is 28.9. The van der Waals surface area contributed by atoms with Crippen molar-refractivity contribution in [2.24, 2.45) is 17.3 Å². The highest BCUT2D eigenvalue weighted by atomic mass is 35.5. The number of amides is 2. The fourth-order valence-corrected chi connectivity index (χ4v) is 5.92. The van der Waals surface area contributed by atoms with Crippen molar-refractivity contribution in [3.05, 3.63) is 76.3 Å². The molecule has 1 saturated heterocycles. The van der Waals surface area contributed by atoms with Gasteiger partial charge in [-0.1, -0.05) is 68.8 Å². The van der Waals surface area contributed by atoms with Crippen LogP contribution in [0.3, 0.4) is 0 Å². The maximum absolute atomic E-state index is 13.6. The molecule has 3 unspecified atom stereocenters. The van der Waals surface area contributed by atoms with Gasteiger partial charge in [0.2, 0.25) is 11.8 Å². The number of esters is 2. The van der Waals surface area contributed by atoms with Crippen molar-refractivity contribution in [2.75, 3.05) is 13.7 Å². The van der Waals surface area contributed by atoms with Gasteiger partial charge in [0.15, 0.2) is 6.10 Å². The Morgan fingerprint density at radius 3 is 2.35 bits per heavy atom. The molecule has 4 rings (SSSR count). The highest BCUT2D eigenvalue weighted by Crippen LogP contribution is 2.45. The van der Waals surface area contributed by atoms with Crippen molar-refractivity contribution in [3.8, 4) is 5.75 Å². The van der Waals surface area contributed by atoms with E-state index in [9.17, 15) is 24.3 Å². The Labute approximate surface area is 292 Å². The monoisotopic (exact) mass is 698 g/mol. The van der Waals surface area contributed by atoms with Gasteiger partial charge in [-0.3, -0.25) is 14.4 Å². The van der Waals surface area contributed by atoms with Gasteiger partial charge in [0.25, 0.3) is 0 Å². The van der Waals surface area contributed by atoms with Gasteiger partial charge >= 0.3 is 11.9 Å². The summed E-state index contributed by atoms with van der Waals surface area (Å²) in [6.07, 6.45) is 1.01. The number of hydrogen-bond donors (Lipinski definition) is 3. The number of epoxide rings is 1. The molecule has 2 amide bonds. The molecular weight excluding hydrogens is 652 g/mol. The van der Waals surface area contributed by atoms with Gasteiger partial charge in [0.05, 0.1) is 30.3 Å². The molecule has 1 fully saturated rings. The van der Waals surface area contributed by atoms with Gasteiger partial charge < -0.3 is 34.7 Å². The summed E-state index contributed by atoms with van der Waals surface area (Å²) < 4.78 is 23.1. The third kappa shape index (κ3) is 10.3. The number of ether oxygens (including phenoxy) is 4. The number of nitrogens with one attached hydrogen (secondary N) is 2. The Balaban J connectivity index is 1.60. The summed E-state index contributed by atoms with van der Waals surface area (Å²) in [6, 6.07) is 11.5. The molecule has 49 heavy (non-hydrogen) atoms. The van der Waals surface area contributed by atoms with Crippen LogP contribution in [0.25, 0.3) is 0 Å². The molecule has 12 heteroatoms. The van der Waals surface area contributed by atoms with E-state index in [1.54, 1.807) is 38.1 Å².